The summed E-state index contributed by atoms with van der Waals surface area (Å²) in [5.41, 5.74) is 1.29. The third-order valence-corrected chi connectivity index (χ3v) is 5.80. The molecule has 0 atom stereocenters. The maximum atomic E-state index is 12.8. The second kappa shape index (κ2) is 6.88. The molecular formula is C19H20N2O3S. The predicted octanol–water partition coefficient (Wildman–Crippen LogP) is 3.42. The van der Waals surface area contributed by atoms with Gasteiger partial charge in [0, 0.05) is 4.88 Å². The van der Waals surface area contributed by atoms with Crippen molar-refractivity contribution in [2.45, 2.75) is 32.2 Å². The molecule has 1 aliphatic rings. The molecule has 5 nitrogen and oxygen atoms in total. The largest absolute Gasteiger partial charge is 0.497 e. The van der Waals surface area contributed by atoms with Gasteiger partial charge in [0.15, 0.2) is 0 Å². The molecule has 1 aliphatic carbocycles. The summed E-state index contributed by atoms with van der Waals surface area (Å²) in [5, 5.41) is 0.826. The van der Waals surface area contributed by atoms with Gasteiger partial charge in [0.1, 0.15) is 22.9 Å². The first-order valence-corrected chi connectivity index (χ1v) is 9.34. The molecule has 0 fully saturated rings. The van der Waals surface area contributed by atoms with Crippen molar-refractivity contribution in [2.24, 2.45) is 0 Å². The topological polar surface area (TPSA) is 53.4 Å². The van der Waals surface area contributed by atoms with Crippen molar-refractivity contribution in [3.05, 3.63) is 51.4 Å². The Balaban J connectivity index is 1.51. The van der Waals surface area contributed by atoms with E-state index in [4.69, 9.17) is 9.47 Å². The SMILES string of the molecule is COc1ccc(OCCn2cnc3sc4c(c3c2=O)CCCC4)cc1. The smallest absolute Gasteiger partial charge is 0.262 e. The number of hydrogen-bond donors (Lipinski definition) is 0. The standard InChI is InChI=1S/C19H20N2O3S/c1-23-13-6-8-14(9-7-13)24-11-10-21-12-20-18-17(19(21)22)15-4-2-3-5-16(15)25-18/h6-9,12H,2-5,10-11H2,1H3. The van der Waals surface area contributed by atoms with Crippen LogP contribution in [-0.2, 0) is 19.4 Å². The molecule has 1 aromatic carbocycles. The summed E-state index contributed by atoms with van der Waals surface area (Å²) in [6.45, 7) is 0.907. The predicted molar refractivity (Wildman–Crippen MR) is 99.0 cm³/mol. The fourth-order valence-electron chi connectivity index (χ4n) is 3.27. The van der Waals surface area contributed by atoms with Gasteiger partial charge in [0.25, 0.3) is 5.56 Å². The summed E-state index contributed by atoms with van der Waals surface area (Å²) in [6.07, 6.45) is 6.09. The highest BCUT2D eigenvalue weighted by Crippen LogP contribution is 2.33. The zero-order valence-electron chi connectivity index (χ0n) is 14.2. The van der Waals surface area contributed by atoms with Crippen LogP contribution >= 0.6 is 11.3 Å². The van der Waals surface area contributed by atoms with Crippen LogP contribution < -0.4 is 15.0 Å². The average Bonchev–Trinajstić information content (AvgIpc) is 3.03. The number of nitrogens with zero attached hydrogens (tertiary/aromatic N) is 2. The van der Waals surface area contributed by atoms with Gasteiger partial charge in [-0.2, -0.15) is 0 Å². The van der Waals surface area contributed by atoms with Crippen LogP contribution in [0.15, 0.2) is 35.4 Å². The van der Waals surface area contributed by atoms with E-state index in [9.17, 15) is 4.79 Å². The van der Waals surface area contributed by atoms with Gasteiger partial charge in [-0.05, 0) is 55.5 Å². The van der Waals surface area contributed by atoms with Crippen LogP contribution in [0.25, 0.3) is 10.2 Å². The number of thiophene rings is 1. The Morgan fingerprint density at radius 2 is 1.92 bits per heavy atom. The van der Waals surface area contributed by atoms with Gasteiger partial charge in [-0.3, -0.25) is 9.36 Å². The van der Waals surface area contributed by atoms with Gasteiger partial charge in [0.05, 0.1) is 25.4 Å². The number of rotatable bonds is 5. The van der Waals surface area contributed by atoms with Gasteiger partial charge < -0.3 is 9.47 Å². The Hall–Kier alpha value is -2.34. The van der Waals surface area contributed by atoms with Crippen LogP contribution in [0.4, 0.5) is 0 Å². The van der Waals surface area contributed by atoms with Crippen LogP contribution in [0.2, 0.25) is 0 Å². The van der Waals surface area contributed by atoms with E-state index in [-0.39, 0.29) is 5.56 Å². The molecule has 6 heteroatoms. The number of methoxy groups -OCH3 is 1. The molecule has 0 amide bonds. The summed E-state index contributed by atoms with van der Waals surface area (Å²) in [5.74, 6) is 1.55. The quantitative estimate of drug-likeness (QED) is 0.703. The maximum Gasteiger partial charge on any atom is 0.262 e. The van der Waals surface area contributed by atoms with Crippen LogP contribution in [0.3, 0.4) is 0 Å². The Morgan fingerprint density at radius 3 is 2.72 bits per heavy atom. The summed E-state index contributed by atoms with van der Waals surface area (Å²) in [4.78, 5) is 19.6. The first-order valence-electron chi connectivity index (χ1n) is 8.53. The van der Waals surface area contributed by atoms with Crippen molar-refractivity contribution in [1.29, 1.82) is 0 Å². The highest BCUT2D eigenvalue weighted by molar-refractivity contribution is 7.18. The van der Waals surface area contributed by atoms with E-state index in [1.807, 2.05) is 24.3 Å². The summed E-state index contributed by atoms with van der Waals surface area (Å²) in [6, 6.07) is 7.43. The number of aromatic nitrogens is 2. The van der Waals surface area contributed by atoms with E-state index >= 15 is 0 Å². The first kappa shape index (κ1) is 16.1. The summed E-state index contributed by atoms with van der Waals surface area (Å²) in [7, 11) is 1.63. The lowest BCUT2D eigenvalue weighted by Crippen LogP contribution is -2.24. The minimum absolute atomic E-state index is 0.0581. The number of benzene rings is 1. The lowest BCUT2D eigenvalue weighted by atomic mass is 9.97. The Labute approximate surface area is 149 Å². The van der Waals surface area contributed by atoms with Gasteiger partial charge in [-0.25, -0.2) is 4.98 Å². The van der Waals surface area contributed by atoms with Crippen LogP contribution in [0.1, 0.15) is 23.3 Å². The molecule has 0 unspecified atom stereocenters. The van der Waals surface area contributed by atoms with E-state index in [1.54, 1.807) is 29.3 Å². The molecule has 0 saturated heterocycles. The fourth-order valence-corrected chi connectivity index (χ4v) is 4.49. The number of ether oxygens (including phenoxy) is 2. The Morgan fingerprint density at radius 1 is 1.16 bits per heavy atom. The van der Waals surface area contributed by atoms with Crippen LogP contribution in [0, 0.1) is 0 Å². The minimum atomic E-state index is 0.0581. The molecule has 0 bridgehead atoms. The lowest BCUT2D eigenvalue weighted by Gasteiger charge is -2.11. The molecule has 4 rings (SSSR count). The van der Waals surface area contributed by atoms with Crippen molar-refractivity contribution >= 4 is 21.6 Å². The number of aryl methyl sites for hydroxylation is 2. The zero-order valence-corrected chi connectivity index (χ0v) is 15.0. The number of hydrogen-bond acceptors (Lipinski definition) is 5. The fraction of sp³-hybridized carbons (Fsp3) is 0.368. The summed E-state index contributed by atoms with van der Waals surface area (Å²) < 4.78 is 12.5. The molecule has 0 spiro atoms. The molecule has 0 N–H and O–H groups in total. The Bertz CT molecular complexity index is 944. The molecule has 3 aromatic rings. The van der Waals surface area contributed by atoms with Crippen molar-refractivity contribution in [3.63, 3.8) is 0 Å². The maximum absolute atomic E-state index is 12.8. The average molecular weight is 356 g/mol. The molecule has 2 aromatic heterocycles. The van der Waals surface area contributed by atoms with E-state index in [2.05, 4.69) is 4.98 Å². The van der Waals surface area contributed by atoms with Crippen molar-refractivity contribution in [3.8, 4) is 11.5 Å². The highest BCUT2D eigenvalue weighted by Gasteiger charge is 2.19. The van der Waals surface area contributed by atoms with E-state index in [0.29, 0.717) is 13.2 Å². The third kappa shape index (κ3) is 3.14. The molecule has 2 heterocycles. The minimum Gasteiger partial charge on any atom is -0.497 e. The first-order chi connectivity index (χ1) is 12.3. The van der Waals surface area contributed by atoms with Crippen molar-refractivity contribution < 1.29 is 9.47 Å². The second-order valence-electron chi connectivity index (χ2n) is 6.16. The Kier molecular flexibility index (Phi) is 4.44. The van der Waals surface area contributed by atoms with Gasteiger partial charge in [0.2, 0.25) is 0 Å². The van der Waals surface area contributed by atoms with E-state index in [0.717, 1.165) is 41.0 Å². The van der Waals surface area contributed by atoms with Gasteiger partial charge in [-0.1, -0.05) is 0 Å². The third-order valence-electron chi connectivity index (χ3n) is 4.60. The highest BCUT2D eigenvalue weighted by atomic mass is 32.1. The molecule has 0 aliphatic heterocycles. The summed E-state index contributed by atoms with van der Waals surface area (Å²) >= 11 is 1.68. The lowest BCUT2D eigenvalue weighted by molar-refractivity contribution is 0.295. The van der Waals surface area contributed by atoms with Crippen molar-refractivity contribution in [1.82, 2.24) is 9.55 Å². The van der Waals surface area contributed by atoms with E-state index < -0.39 is 0 Å². The van der Waals surface area contributed by atoms with Gasteiger partial charge in [-0.15, -0.1) is 11.3 Å². The zero-order chi connectivity index (χ0) is 17.2. The molecular weight excluding hydrogens is 336 g/mol. The second-order valence-corrected chi connectivity index (χ2v) is 7.24. The molecule has 25 heavy (non-hydrogen) atoms. The van der Waals surface area contributed by atoms with Crippen molar-refractivity contribution in [2.75, 3.05) is 13.7 Å². The number of fused-ring (bicyclic) bond motifs is 3. The van der Waals surface area contributed by atoms with Gasteiger partial charge >= 0.3 is 0 Å². The van der Waals surface area contributed by atoms with Crippen LogP contribution in [-0.4, -0.2) is 23.3 Å². The van der Waals surface area contributed by atoms with E-state index in [1.165, 1.54) is 16.9 Å². The molecule has 0 radical (unpaired) electrons. The molecule has 0 saturated carbocycles. The molecule has 130 valence electrons. The van der Waals surface area contributed by atoms with Crippen LogP contribution in [0.5, 0.6) is 11.5 Å². The monoisotopic (exact) mass is 356 g/mol. The normalized spacial score (nSPS) is 13.6.